The second kappa shape index (κ2) is 6.03. The molecule has 0 saturated carbocycles. The third-order valence-corrected chi connectivity index (χ3v) is 5.61. The monoisotopic (exact) mass is 338 g/mol. The smallest absolute Gasteiger partial charge is 0.163 e. The number of phenolic OH excluding ortho intramolecular Hbond substituents is 1. The zero-order valence-electron chi connectivity index (χ0n) is 14.7. The average Bonchev–Trinajstić information content (AvgIpc) is 2.59. The fourth-order valence-electron chi connectivity index (χ4n) is 4.15. The van der Waals surface area contributed by atoms with Crippen LogP contribution in [0.3, 0.4) is 0 Å². The van der Waals surface area contributed by atoms with E-state index < -0.39 is 17.3 Å². The van der Waals surface area contributed by atoms with Crippen molar-refractivity contribution in [2.45, 2.75) is 26.2 Å². The molecule has 0 aliphatic heterocycles. The van der Waals surface area contributed by atoms with E-state index in [1.807, 2.05) is 13.0 Å². The van der Waals surface area contributed by atoms with Gasteiger partial charge in [-0.15, -0.1) is 0 Å². The molecule has 0 saturated heterocycles. The predicted molar refractivity (Wildman–Crippen MR) is 95.7 cm³/mol. The molecule has 0 unspecified atom stereocenters. The summed E-state index contributed by atoms with van der Waals surface area (Å²) in [6, 6.07) is 5.03. The Morgan fingerprint density at radius 1 is 1.36 bits per heavy atom. The number of ketones is 2. The lowest BCUT2D eigenvalue weighted by molar-refractivity contribution is -0.137. The third-order valence-electron chi connectivity index (χ3n) is 5.61. The first-order valence-electron chi connectivity index (χ1n) is 8.31. The standard InChI is InChI=1S/C21H22O4/c1-5-13-6-9-16-20(24)12(2)10-18(23)21(16,3)19(13)15-8-7-14(25-4)11-17(15)22/h5-8,10-11,16,19,22H,1,9H2,2-4H3/t16-,19+,21-/m0/s1. The topological polar surface area (TPSA) is 63.6 Å². The molecule has 4 nitrogen and oxygen atoms in total. The molecular formula is C21H22O4. The van der Waals surface area contributed by atoms with Crippen molar-refractivity contribution in [3.05, 3.63) is 59.7 Å². The molecule has 0 bridgehead atoms. The van der Waals surface area contributed by atoms with E-state index in [1.54, 1.807) is 25.1 Å². The molecule has 0 radical (unpaired) electrons. The highest BCUT2D eigenvalue weighted by Gasteiger charge is 2.55. The fraction of sp³-hybridized carbons (Fsp3) is 0.333. The number of hydrogen-bond donors (Lipinski definition) is 1. The quantitative estimate of drug-likeness (QED) is 0.912. The molecule has 3 rings (SSSR count). The summed E-state index contributed by atoms with van der Waals surface area (Å²) in [6.07, 6.45) is 5.61. The van der Waals surface area contributed by atoms with Crippen molar-refractivity contribution in [3.63, 3.8) is 0 Å². The molecule has 1 N–H and O–H groups in total. The maximum absolute atomic E-state index is 13.0. The molecule has 2 aliphatic carbocycles. The average molecular weight is 338 g/mol. The van der Waals surface area contributed by atoms with E-state index in [4.69, 9.17) is 4.74 Å². The molecule has 3 atom stereocenters. The molecular weight excluding hydrogens is 316 g/mol. The van der Waals surface area contributed by atoms with Crippen LogP contribution in [0.5, 0.6) is 11.5 Å². The van der Waals surface area contributed by atoms with Crippen LogP contribution in [0.15, 0.2) is 54.2 Å². The lowest BCUT2D eigenvalue weighted by Gasteiger charge is -2.47. The first-order chi connectivity index (χ1) is 11.8. The largest absolute Gasteiger partial charge is 0.508 e. The number of carbonyl (C=O) groups excluding carboxylic acids is 2. The van der Waals surface area contributed by atoms with Gasteiger partial charge in [0.15, 0.2) is 11.6 Å². The molecule has 1 aromatic rings. The molecule has 0 amide bonds. The van der Waals surface area contributed by atoms with Gasteiger partial charge in [-0.25, -0.2) is 0 Å². The van der Waals surface area contributed by atoms with Gasteiger partial charge in [-0.2, -0.15) is 0 Å². The van der Waals surface area contributed by atoms with Crippen molar-refractivity contribution < 1.29 is 19.4 Å². The van der Waals surface area contributed by atoms with Crippen molar-refractivity contribution in [2.24, 2.45) is 11.3 Å². The highest BCUT2D eigenvalue weighted by atomic mass is 16.5. The van der Waals surface area contributed by atoms with Gasteiger partial charge < -0.3 is 9.84 Å². The molecule has 0 fully saturated rings. The molecule has 130 valence electrons. The number of ether oxygens (including phenoxy) is 1. The lowest BCUT2D eigenvalue weighted by atomic mass is 9.53. The summed E-state index contributed by atoms with van der Waals surface area (Å²) in [6.45, 7) is 7.38. The van der Waals surface area contributed by atoms with Gasteiger partial charge in [0, 0.05) is 23.5 Å². The summed E-state index contributed by atoms with van der Waals surface area (Å²) in [5.41, 5.74) is 1.02. The fourth-order valence-corrected chi connectivity index (χ4v) is 4.15. The van der Waals surface area contributed by atoms with Gasteiger partial charge in [0.1, 0.15) is 11.5 Å². The van der Waals surface area contributed by atoms with E-state index in [9.17, 15) is 14.7 Å². The zero-order valence-corrected chi connectivity index (χ0v) is 14.7. The summed E-state index contributed by atoms with van der Waals surface area (Å²) in [4.78, 5) is 25.7. The van der Waals surface area contributed by atoms with Gasteiger partial charge in [0.25, 0.3) is 0 Å². The summed E-state index contributed by atoms with van der Waals surface area (Å²) in [5, 5.41) is 10.5. The van der Waals surface area contributed by atoms with E-state index >= 15 is 0 Å². The van der Waals surface area contributed by atoms with Crippen molar-refractivity contribution in [2.75, 3.05) is 7.11 Å². The maximum atomic E-state index is 13.0. The van der Waals surface area contributed by atoms with Crippen molar-refractivity contribution in [1.82, 2.24) is 0 Å². The number of aromatic hydroxyl groups is 1. The van der Waals surface area contributed by atoms with E-state index in [-0.39, 0.29) is 17.3 Å². The van der Waals surface area contributed by atoms with Crippen molar-refractivity contribution in [3.8, 4) is 11.5 Å². The minimum absolute atomic E-state index is 0.000497. The van der Waals surface area contributed by atoms with Gasteiger partial charge in [-0.05, 0) is 36.6 Å². The highest BCUT2D eigenvalue weighted by Crippen LogP contribution is 2.56. The van der Waals surface area contributed by atoms with Crippen LogP contribution >= 0.6 is 0 Å². The number of allylic oxidation sites excluding steroid dienone is 5. The first-order valence-corrected chi connectivity index (χ1v) is 8.31. The van der Waals surface area contributed by atoms with Crippen molar-refractivity contribution in [1.29, 1.82) is 0 Å². The summed E-state index contributed by atoms with van der Waals surface area (Å²) >= 11 is 0. The van der Waals surface area contributed by atoms with Gasteiger partial charge in [0.05, 0.1) is 12.5 Å². The van der Waals surface area contributed by atoms with Crippen LogP contribution in [0.4, 0.5) is 0 Å². The summed E-state index contributed by atoms with van der Waals surface area (Å²) < 4.78 is 5.15. The van der Waals surface area contributed by atoms with Crippen LogP contribution < -0.4 is 4.74 Å². The SMILES string of the molecule is C=CC1=CC[C@H]2C(=O)C(C)=CC(=O)[C@@]2(C)[C@H]1c1ccc(OC)cc1O. The Morgan fingerprint density at radius 2 is 2.08 bits per heavy atom. The van der Waals surface area contributed by atoms with Gasteiger partial charge in [-0.3, -0.25) is 9.59 Å². The van der Waals surface area contributed by atoms with Gasteiger partial charge in [0.2, 0.25) is 0 Å². The van der Waals surface area contributed by atoms with E-state index in [0.29, 0.717) is 23.3 Å². The van der Waals surface area contributed by atoms with E-state index in [0.717, 1.165) is 5.57 Å². The Hall–Kier alpha value is -2.62. The minimum atomic E-state index is -0.944. The first kappa shape index (κ1) is 17.2. The molecule has 0 heterocycles. The van der Waals surface area contributed by atoms with E-state index in [1.165, 1.54) is 19.3 Å². The number of benzene rings is 1. The summed E-state index contributed by atoms with van der Waals surface area (Å²) in [5.74, 6) is -0.368. The van der Waals surface area contributed by atoms with Crippen LogP contribution in [0.1, 0.15) is 31.7 Å². The van der Waals surface area contributed by atoms with E-state index in [2.05, 4.69) is 6.58 Å². The van der Waals surface area contributed by atoms with Crippen molar-refractivity contribution >= 4 is 11.6 Å². The number of phenols is 1. The normalized spacial score (nSPS) is 28.8. The number of fused-ring (bicyclic) bond motifs is 1. The predicted octanol–water partition coefficient (Wildman–Crippen LogP) is 3.72. The van der Waals surface area contributed by atoms with Gasteiger partial charge >= 0.3 is 0 Å². The molecule has 1 aromatic carbocycles. The molecule has 0 spiro atoms. The third kappa shape index (κ3) is 2.44. The Balaban J connectivity index is 2.23. The molecule has 0 aromatic heterocycles. The Labute approximate surface area is 147 Å². The minimum Gasteiger partial charge on any atom is -0.508 e. The number of hydrogen-bond acceptors (Lipinski definition) is 4. The Bertz CT molecular complexity index is 830. The van der Waals surface area contributed by atoms with Crippen LogP contribution in [-0.4, -0.2) is 23.8 Å². The van der Waals surface area contributed by atoms with Crippen LogP contribution in [-0.2, 0) is 9.59 Å². The Morgan fingerprint density at radius 3 is 2.68 bits per heavy atom. The number of rotatable bonds is 3. The maximum Gasteiger partial charge on any atom is 0.163 e. The lowest BCUT2D eigenvalue weighted by Crippen LogP contribution is -2.49. The van der Waals surface area contributed by atoms with Crippen LogP contribution in [0.2, 0.25) is 0 Å². The zero-order chi connectivity index (χ0) is 18.4. The number of carbonyl (C=O) groups is 2. The summed E-state index contributed by atoms with van der Waals surface area (Å²) in [7, 11) is 1.53. The van der Waals surface area contributed by atoms with Crippen LogP contribution in [0, 0.1) is 11.3 Å². The van der Waals surface area contributed by atoms with Gasteiger partial charge in [-0.1, -0.05) is 31.7 Å². The molecule has 25 heavy (non-hydrogen) atoms. The second-order valence-electron chi connectivity index (χ2n) is 6.89. The highest BCUT2D eigenvalue weighted by molar-refractivity contribution is 6.13. The molecule has 2 aliphatic rings. The second-order valence-corrected chi connectivity index (χ2v) is 6.89. The Kier molecular flexibility index (Phi) is 4.15. The van der Waals surface area contributed by atoms with Crippen LogP contribution in [0.25, 0.3) is 0 Å². The molecule has 4 heteroatoms. The number of Topliss-reactive ketones (excluding diaryl/α,β-unsaturated/α-hetero) is 1. The number of methoxy groups -OCH3 is 1.